The van der Waals surface area contributed by atoms with Crippen LogP contribution in [0.3, 0.4) is 0 Å². The second-order valence-corrected chi connectivity index (χ2v) is 3.35. The van der Waals surface area contributed by atoms with Gasteiger partial charge in [0.25, 0.3) is 5.91 Å². The van der Waals surface area contributed by atoms with Gasteiger partial charge < -0.3 is 5.32 Å². The molecule has 9 heteroatoms. The molecule has 0 aliphatic carbocycles. The standard InChI is InChI=1S/C8H10N2O2.ClHO4/c1-9-8(11)7-4-3-5-10(6-7)12-2;2-1(3,4)5/h3-6H,1-2H3;(H,2,3,4,5). The Balaban J connectivity index is 0.000000437. The molecule has 1 aromatic heterocycles. The zero-order valence-corrected chi connectivity index (χ0v) is 9.84. The highest BCUT2D eigenvalue weighted by Gasteiger charge is 2.08. The third-order valence-electron chi connectivity index (χ3n) is 1.48. The van der Waals surface area contributed by atoms with Crippen molar-refractivity contribution in [3.8, 4) is 0 Å². The molecule has 0 unspecified atom stereocenters. The Bertz CT molecular complexity index is 361. The number of amides is 1. The van der Waals surface area contributed by atoms with Crippen LogP contribution in [0.25, 0.3) is 0 Å². The number of hydrogen-bond acceptors (Lipinski definition) is 6. The van der Waals surface area contributed by atoms with Crippen molar-refractivity contribution in [2.45, 2.75) is 0 Å². The zero-order chi connectivity index (χ0) is 13.5. The first-order chi connectivity index (χ1) is 7.77. The van der Waals surface area contributed by atoms with Crippen LogP contribution in [0.2, 0.25) is 0 Å². The molecule has 0 saturated carbocycles. The van der Waals surface area contributed by atoms with Gasteiger partial charge in [-0.3, -0.25) is 9.63 Å². The predicted molar refractivity (Wildman–Crippen MR) is 42.5 cm³/mol. The summed E-state index contributed by atoms with van der Waals surface area (Å²) in [6.45, 7) is 0. The average Bonchev–Trinajstić information content (AvgIpc) is 2.26. The van der Waals surface area contributed by atoms with E-state index in [9.17, 15) is 4.79 Å². The molecule has 96 valence electrons. The molecule has 17 heavy (non-hydrogen) atoms. The van der Waals surface area contributed by atoms with Crippen molar-refractivity contribution in [3.05, 3.63) is 30.1 Å². The van der Waals surface area contributed by atoms with Gasteiger partial charge in [-0.15, -0.1) is 10.2 Å². The van der Waals surface area contributed by atoms with Gasteiger partial charge in [0, 0.05) is 17.8 Å². The minimum Gasteiger partial charge on any atom is -0.355 e. The van der Waals surface area contributed by atoms with Gasteiger partial charge in [0.1, 0.15) is 12.7 Å². The lowest BCUT2D eigenvalue weighted by atomic mass is 10.3. The lowest BCUT2D eigenvalue weighted by molar-refractivity contribution is -2.00. The normalized spacial score (nSPS) is 10.0. The van der Waals surface area contributed by atoms with E-state index in [2.05, 4.69) is 5.32 Å². The molecule has 0 aliphatic rings. The van der Waals surface area contributed by atoms with Gasteiger partial charge in [0.05, 0.1) is 0 Å². The highest BCUT2D eigenvalue weighted by atomic mass is 35.7. The van der Waals surface area contributed by atoms with Gasteiger partial charge in [0.2, 0.25) is 12.4 Å². The Morgan fingerprint density at radius 2 is 1.94 bits per heavy atom. The molecule has 0 fully saturated rings. The Morgan fingerprint density at radius 3 is 2.35 bits per heavy atom. The summed E-state index contributed by atoms with van der Waals surface area (Å²) in [7, 11) is -1.82. The Labute approximate surface area is 99.4 Å². The van der Waals surface area contributed by atoms with Gasteiger partial charge >= 0.3 is 0 Å². The molecule has 1 heterocycles. The number of halogens is 1. The summed E-state index contributed by atoms with van der Waals surface area (Å²) < 4.78 is 35.4. The maximum absolute atomic E-state index is 11.1. The predicted octanol–water partition coefficient (Wildman–Crippen LogP) is -5.36. The van der Waals surface area contributed by atoms with Crippen LogP contribution in [0.1, 0.15) is 10.4 Å². The minimum atomic E-state index is -4.94. The number of aromatic nitrogens is 1. The van der Waals surface area contributed by atoms with Gasteiger partial charge in [-0.1, -0.05) is 0 Å². The first kappa shape index (κ1) is 15.6. The minimum absolute atomic E-state index is 0.124. The summed E-state index contributed by atoms with van der Waals surface area (Å²) in [5.41, 5.74) is 0.571. The third kappa shape index (κ3) is 8.37. The number of carbonyl (C=O) groups excluding carboxylic acids is 1. The van der Waals surface area contributed by atoms with E-state index in [1.165, 1.54) is 11.8 Å². The van der Waals surface area contributed by atoms with Crippen molar-refractivity contribution in [2.24, 2.45) is 0 Å². The van der Waals surface area contributed by atoms with E-state index in [0.717, 1.165) is 0 Å². The first-order valence-electron chi connectivity index (χ1n) is 4.17. The van der Waals surface area contributed by atoms with Gasteiger partial charge in [-0.05, 0) is 6.07 Å². The van der Waals surface area contributed by atoms with Crippen molar-refractivity contribution in [3.63, 3.8) is 0 Å². The molecule has 1 aromatic rings. The van der Waals surface area contributed by atoms with Gasteiger partial charge in [-0.25, -0.2) is 18.6 Å². The largest absolute Gasteiger partial charge is 0.355 e. The molecule has 0 aliphatic heterocycles. The Morgan fingerprint density at radius 1 is 1.41 bits per heavy atom. The van der Waals surface area contributed by atoms with Crippen LogP contribution in [-0.2, 0) is 0 Å². The van der Waals surface area contributed by atoms with E-state index < -0.39 is 10.2 Å². The van der Waals surface area contributed by atoms with Crippen molar-refractivity contribution in [1.82, 2.24) is 5.32 Å². The molecule has 1 amide bonds. The SMILES string of the molecule is CNC(=O)c1ccc[n+](OC)c1.[O-][Cl+3]([O-])([O-])[O-]. The summed E-state index contributed by atoms with van der Waals surface area (Å²) in [6, 6.07) is 3.46. The molecule has 0 spiro atoms. The van der Waals surface area contributed by atoms with E-state index in [1.54, 1.807) is 31.6 Å². The molecule has 0 aromatic carbocycles. The second kappa shape index (κ2) is 6.99. The second-order valence-electron chi connectivity index (χ2n) is 2.59. The highest BCUT2D eigenvalue weighted by molar-refractivity contribution is 5.93. The third-order valence-corrected chi connectivity index (χ3v) is 1.48. The first-order valence-corrected chi connectivity index (χ1v) is 5.41. The maximum atomic E-state index is 11.1. The molecule has 1 rings (SSSR count). The number of rotatable bonds is 2. The fourth-order valence-corrected chi connectivity index (χ4v) is 0.847. The van der Waals surface area contributed by atoms with Crippen LogP contribution in [0.15, 0.2) is 24.5 Å². The maximum Gasteiger partial charge on any atom is 0.257 e. The smallest absolute Gasteiger partial charge is 0.257 e. The van der Waals surface area contributed by atoms with E-state index in [1.807, 2.05) is 0 Å². The monoisotopic (exact) mass is 266 g/mol. The number of nitrogens with zero attached hydrogens (tertiary/aromatic N) is 1. The summed E-state index contributed by atoms with van der Waals surface area (Å²) >= 11 is 0. The highest BCUT2D eigenvalue weighted by Crippen LogP contribution is 1.92. The molecule has 1 N–H and O–H groups in total. The van der Waals surface area contributed by atoms with Crippen molar-refractivity contribution in [1.29, 1.82) is 0 Å². The average molecular weight is 267 g/mol. The summed E-state index contributed by atoms with van der Waals surface area (Å²) in [5.74, 6) is -0.124. The van der Waals surface area contributed by atoms with Crippen molar-refractivity contribution < 1.29 is 43.2 Å². The van der Waals surface area contributed by atoms with Crippen molar-refractivity contribution in [2.75, 3.05) is 14.2 Å². The molecule has 0 bridgehead atoms. The number of carbonyl (C=O) groups is 1. The fourth-order valence-electron chi connectivity index (χ4n) is 0.847. The quantitative estimate of drug-likeness (QED) is 0.531. The van der Waals surface area contributed by atoms with Crippen LogP contribution in [0.4, 0.5) is 0 Å². The van der Waals surface area contributed by atoms with Crippen LogP contribution < -0.4 is 33.5 Å². The number of pyridine rings is 1. The number of hydrogen-bond donors (Lipinski definition) is 1. The van der Waals surface area contributed by atoms with Gasteiger partial charge in [0.15, 0.2) is 0 Å². The molecular weight excluding hydrogens is 256 g/mol. The van der Waals surface area contributed by atoms with E-state index >= 15 is 0 Å². The summed E-state index contributed by atoms with van der Waals surface area (Å²) in [5, 5.41) is 2.52. The lowest BCUT2D eigenvalue weighted by Crippen LogP contribution is -2.68. The zero-order valence-electron chi connectivity index (χ0n) is 9.08. The molecule has 0 saturated heterocycles. The van der Waals surface area contributed by atoms with E-state index in [0.29, 0.717) is 5.56 Å². The van der Waals surface area contributed by atoms with Crippen LogP contribution in [-0.4, -0.2) is 20.1 Å². The Hall–Kier alpha value is -1.45. The molecular formula is C8H11ClN2O6. The van der Waals surface area contributed by atoms with Crippen LogP contribution in [0.5, 0.6) is 0 Å². The number of nitrogens with one attached hydrogen (secondary N) is 1. The topological polar surface area (TPSA) is 134 Å². The summed E-state index contributed by atoms with van der Waals surface area (Å²) in [4.78, 5) is 16.0. The molecule has 8 nitrogen and oxygen atoms in total. The van der Waals surface area contributed by atoms with Crippen LogP contribution in [0, 0.1) is 10.2 Å². The lowest BCUT2D eigenvalue weighted by Gasteiger charge is -2.17. The Kier molecular flexibility index (Phi) is 6.39. The fraction of sp³-hybridized carbons (Fsp3) is 0.250. The van der Waals surface area contributed by atoms with E-state index in [4.69, 9.17) is 23.5 Å². The van der Waals surface area contributed by atoms with Gasteiger partial charge in [-0.2, -0.15) is 0 Å². The van der Waals surface area contributed by atoms with E-state index in [-0.39, 0.29) is 5.91 Å². The molecule has 0 radical (unpaired) electrons. The molecule has 0 atom stereocenters. The van der Waals surface area contributed by atoms with Crippen molar-refractivity contribution >= 4 is 5.91 Å². The van der Waals surface area contributed by atoms with Crippen LogP contribution >= 0.6 is 0 Å². The summed E-state index contributed by atoms with van der Waals surface area (Å²) in [6.07, 6.45) is 3.32.